The Bertz CT molecular complexity index is 1050. The SMILES string of the molecule is CCOc1ccc(-c2ccc(=O)n(CC(=O)Nc3cc(F)ccc3F)n2)cc1. The standard InChI is InChI=1S/C20H17F2N3O3/c1-2-28-15-6-3-13(4-7-15)17-9-10-20(27)25(24-17)12-19(26)23-18-11-14(21)5-8-16(18)22/h3-11H,2,12H2,1H3,(H,23,26). The summed E-state index contributed by atoms with van der Waals surface area (Å²) in [5.74, 6) is -1.47. The minimum atomic E-state index is -0.779. The number of halogens is 2. The summed E-state index contributed by atoms with van der Waals surface area (Å²) in [6.07, 6.45) is 0. The molecule has 0 aliphatic heterocycles. The van der Waals surface area contributed by atoms with Crippen molar-refractivity contribution in [2.75, 3.05) is 11.9 Å². The summed E-state index contributed by atoms with van der Waals surface area (Å²) in [6, 6.07) is 12.6. The molecule has 0 fully saturated rings. The molecule has 6 nitrogen and oxygen atoms in total. The Balaban J connectivity index is 1.78. The Kier molecular flexibility index (Phi) is 5.78. The number of nitrogens with one attached hydrogen (secondary N) is 1. The molecule has 0 radical (unpaired) electrons. The molecule has 1 heterocycles. The quantitative estimate of drug-likeness (QED) is 0.707. The van der Waals surface area contributed by atoms with Gasteiger partial charge in [-0.15, -0.1) is 0 Å². The van der Waals surface area contributed by atoms with E-state index >= 15 is 0 Å². The van der Waals surface area contributed by atoms with Gasteiger partial charge in [0.2, 0.25) is 5.91 Å². The van der Waals surface area contributed by atoms with E-state index in [1.165, 1.54) is 6.07 Å². The average molecular weight is 385 g/mol. The van der Waals surface area contributed by atoms with Crippen LogP contribution in [-0.2, 0) is 11.3 Å². The highest BCUT2D eigenvalue weighted by molar-refractivity contribution is 5.90. The van der Waals surface area contributed by atoms with Crippen LogP contribution in [0.15, 0.2) is 59.4 Å². The summed E-state index contributed by atoms with van der Waals surface area (Å²) in [5, 5.41) is 6.41. The van der Waals surface area contributed by atoms with Crippen molar-refractivity contribution in [3.8, 4) is 17.0 Å². The Morgan fingerprint density at radius 3 is 2.57 bits per heavy atom. The van der Waals surface area contributed by atoms with Gasteiger partial charge in [0.25, 0.3) is 5.56 Å². The lowest BCUT2D eigenvalue weighted by molar-refractivity contribution is -0.117. The van der Waals surface area contributed by atoms with Crippen molar-refractivity contribution in [3.05, 3.63) is 76.6 Å². The zero-order valence-corrected chi connectivity index (χ0v) is 15.0. The molecule has 2 aromatic carbocycles. The summed E-state index contributed by atoms with van der Waals surface area (Å²) in [7, 11) is 0. The van der Waals surface area contributed by atoms with Crippen LogP contribution in [0.25, 0.3) is 11.3 Å². The Morgan fingerprint density at radius 2 is 1.86 bits per heavy atom. The molecule has 0 saturated heterocycles. The molecule has 1 amide bonds. The van der Waals surface area contributed by atoms with Gasteiger partial charge in [0.1, 0.15) is 23.9 Å². The number of amides is 1. The lowest BCUT2D eigenvalue weighted by atomic mass is 10.1. The largest absolute Gasteiger partial charge is 0.494 e. The van der Waals surface area contributed by atoms with Crippen molar-refractivity contribution >= 4 is 11.6 Å². The van der Waals surface area contributed by atoms with Crippen molar-refractivity contribution in [1.82, 2.24) is 9.78 Å². The second-order valence-electron chi connectivity index (χ2n) is 5.84. The molecule has 144 valence electrons. The number of rotatable bonds is 6. The highest BCUT2D eigenvalue weighted by Crippen LogP contribution is 2.20. The van der Waals surface area contributed by atoms with E-state index in [0.29, 0.717) is 18.1 Å². The predicted octanol–water partition coefficient (Wildman–Crippen LogP) is 3.23. The molecule has 0 unspecified atom stereocenters. The first-order valence-corrected chi connectivity index (χ1v) is 8.52. The second-order valence-corrected chi connectivity index (χ2v) is 5.84. The number of carbonyl (C=O) groups is 1. The van der Waals surface area contributed by atoms with E-state index < -0.39 is 29.6 Å². The van der Waals surface area contributed by atoms with Gasteiger partial charge in [-0.1, -0.05) is 0 Å². The summed E-state index contributed by atoms with van der Waals surface area (Å²) in [6.45, 7) is 1.98. The summed E-state index contributed by atoms with van der Waals surface area (Å²) in [5.41, 5.74) is 0.409. The Hall–Kier alpha value is -3.55. The molecule has 0 saturated carbocycles. The summed E-state index contributed by atoms with van der Waals surface area (Å²) < 4.78 is 33.2. The van der Waals surface area contributed by atoms with E-state index in [0.717, 1.165) is 28.4 Å². The van der Waals surface area contributed by atoms with E-state index in [1.807, 2.05) is 6.92 Å². The average Bonchev–Trinajstić information content (AvgIpc) is 2.67. The maximum atomic E-state index is 13.6. The van der Waals surface area contributed by atoms with Crippen molar-refractivity contribution in [2.45, 2.75) is 13.5 Å². The molecular formula is C20H17F2N3O3. The third kappa shape index (κ3) is 4.59. The molecule has 0 aliphatic carbocycles. The van der Waals surface area contributed by atoms with Crippen LogP contribution in [0, 0.1) is 11.6 Å². The fourth-order valence-corrected chi connectivity index (χ4v) is 2.52. The van der Waals surface area contributed by atoms with Gasteiger partial charge >= 0.3 is 0 Å². The van der Waals surface area contributed by atoms with Crippen LogP contribution in [-0.4, -0.2) is 22.3 Å². The minimum absolute atomic E-state index is 0.305. The van der Waals surface area contributed by atoms with Crippen LogP contribution in [0.3, 0.4) is 0 Å². The normalized spacial score (nSPS) is 10.5. The molecule has 3 rings (SSSR count). The van der Waals surface area contributed by atoms with Gasteiger partial charge < -0.3 is 10.1 Å². The Labute approximate surface area is 159 Å². The molecule has 0 atom stereocenters. The van der Waals surface area contributed by atoms with Gasteiger partial charge in [0.15, 0.2) is 0 Å². The smallest absolute Gasteiger partial charge is 0.267 e. The number of benzene rings is 2. The molecule has 0 aliphatic rings. The van der Waals surface area contributed by atoms with Crippen LogP contribution in [0.4, 0.5) is 14.5 Å². The third-order valence-corrected chi connectivity index (χ3v) is 3.82. The van der Waals surface area contributed by atoms with Gasteiger partial charge in [-0.25, -0.2) is 13.5 Å². The first-order chi connectivity index (χ1) is 13.5. The van der Waals surface area contributed by atoms with Crippen LogP contribution >= 0.6 is 0 Å². The molecule has 28 heavy (non-hydrogen) atoms. The topological polar surface area (TPSA) is 73.2 Å². The number of hydrogen-bond acceptors (Lipinski definition) is 4. The van der Waals surface area contributed by atoms with Gasteiger partial charge in [0, 0.05) is 17.7 Å². The second kappa shape index (κ2) is 8.43. The van der Waals surface area contributed by atoms with Crippen molar-refractivity contribution < 1.29 is 18.3 Å². The zero-order chi connectivity index (χ0) is 20.1. The highest BCUT2D eigenvalue weighted by Gasteiger charge is 2.11. The molecule has 0 spiro atoms. The lowest BCUT2D eigenvalue weighted by Gasteiger charge is -2.09. The molecule has 1 N–H and O–H groups in total. The number of hydrogen-bond donors (Lipinski definition) is 1. The van der Waals surface area contributed by atoms with Gasteiger partial charge in [-0.2, -0.15) is 5.10 Å². The molecule has 1 aromatic heterocycles. The van der Waals surface area contributed by atoms with E-state index in [2.05, 4.69) is 10.4 Å². The molecule has 0 bridgehead atoms. The van der Waals surface area contributed by atoms with Crippen LogP contribution in [0.2, 0.25) is 0 Å². The van der Waals surface area contributed by atoms with E-state index in [4.69, 9.17) is 4.74 Å². The molecular weight excluding hydrogens is 368 g/mol. The first kappa shape index (κ1) is 19.2. The number of anilines is 1. The first-order valence-electron chi connectivity index (χ1n) is 8.52. The highest BCUT2D eigenvalue weighted by atomic mass is 19.1. The van der Waals surface area contributed by atoms with Crippen molar-refractivity contribution in [2.24, 2.45) is 0 Å². The summed E-state index contributed by atoms with van der Waals surface area (Å²) in [4.78, 5) is 24.2. The lowest BCUT2D eigenvalue weighted by Crippen LogP contribution is -2.29. The van der Waals surface area contributed by atoms with E-state index in [9.17, 15) is 18.4 Å². The molecule has 3 aromatic rings. The van der Waals surface area contributed by atoms with Gasteiger partial charge in [0.05, 0.1) is 18.0 Å². The van der Waals surface area contributed by atoms with Gasteiger partial charge in [-0.05, 0) is 49.4 Å². The maximum absolute atomic E-state index is 13.6. The fourth-order valence-electron chi connectivity index (χ4n) is 2.52. The number of carbonyl (C=O) groups excluding carboxylic acids is 1. The number of aromatic nitrogens is 2. The molecule has 8 heteroatoms. The third-order valence-electron chi connectivity index (χ3n) is 3.82. The van der Waals surface area contributed by atoms with Crippen LogP contribution in [0.5, 0.6) is 5.75 Å². The number of nitrogens with zero attached hydrogens (tertiary/aromatic N) is 2. The monoisotopic (exact) mass is 385 g/mol. The summed E-state index contributed by atoms with van der Waals surface area (Å²) >= 11 is 0. The van der Waals surface area contributed by atoms with Crippen LogP contribution < -0.4 is 15.6 Å². The van der Waals surface area contributed by atoms with E-state index in [-0.39, 0.29) is 5.69 Å². The van der Waals surface area contributed by atoms with Gasteiger partial charge in [-0.3, -0.25) is 9.59 Å². The maximum Gasteiger partial charge on any atom is 0.267 e. The van der Waals surface area contributed by atoms with E-state index in [1.54, 1.807) is 30.3 Å². The zero-order valence-electron chi connectivity index (χ0n) is 15.0. The fraction of sp³-hybridized carbons (Fsp3) is 0.150. The predicted molar refractivity (Wildman–Crippen MR) is 100 cm³/mol. The van der Waals surface area contributed by atoms with Crippen LogP contribution in [0.1, 0.15) is 6.92 Å². The minimum Gasteiger partial charge on any atom is -0.494 e. The number of ether oxygens (including phenoxy) is 1. The Morgan fingerprint density at radius 1 is 1.11 bits per heavy atom. The van der Waals surface area contributed by atoms with Crippen molar-refractivity contribution in [3.63, 3.8) is 0 Å². The van der Waals surface area contributed by atoms with Crippen molar-refractivity contribution in [1.29, 1.82) is 0 Å².